The molecule has 27 heavy (non-hydrogen) atoms. The number of methoxy groups -OCH3 is 1. The third-order valence-electron chi connectivity index (χ3n) is 4.17. The maximum absolute atomic E-state index is 12.0. The molecule has 0 saturated carbocycles. The Kier molecular flexibility index (Phi) is 5.04. The van der Waals surface area contributed by atoms with Gasteiger partial charge in [-0.2, -0.15) is 8.42 Å². The Morgan fingerprint density at radius 3 is 2.63 bits per heavy atom. The number of aryl methyl sites for hydroxylation is 1. The van der Waals surface area contributed by atoms with Crippen molar-refractivity contribution in [3.8, 4) is 16.9 Å². The Morgan fingerprint density at radius 2 is 1.96 bits per heavy atom. The van der Waals surface area contributed by atoms with Gasteiger partial charge in [-0.3, -0.25) is 9.59 Å². The number of carbonyl (C=O) groups excluding carboxylic acids is 2. The minimum absolute atomic E-state index is 0.0193. The highest BCUT2D eigenvalue weighted by Gasteiger charge is 2.35. The molecule has 1 fully saturated rings. The normalized spacial score (nSPS) is 15.4. The van der Waals surface area contributed by atoms with Crippen molar-refractivity contribution in [2.24, 2.45) is 0 Å². The van der Waals surface area contributed by atoms with Crippen LogP contribution < -0.4 is 9.03 Å². The van der Waals surface area contributed by atoms with Crippen LogP contribution in [-0.2, 0) is 31.0 Å². The maximum atomic E-state index is 12.0. The van der Waals surface area contributed by atoms with Crippen molar-refractivity contribution < 1.29 is 27.9 Å². The van der Waals surface area contributed by atoms with E-state index in [0.29, 0.717) is 12.0 Å². The summed E-state index contributed by atoms with van der Waals surface area (Å²) in [6.45, 7) is -0.390. The van der Waals surface area contributed by atoms with Gasteiger partial charge in [-0.15, -0.1) is 0 Å². The van der Waals surface area contributed by atoms with Crippen LogP contribution in [-0.4, -0.2) is 39.1 Å². The van der Waals surface area contributed by atoms with Crippen molar-refractivity contribution in [3.63, 3.8) is 0 Å². The summed E-state index contributed by atoms with van der Waals surface area (Å²) in [5.41, 5.74) is 2.38. The number of esters is 1. The number of ether oxygens (including phenoxy) is 1. The van der Waals surface area contributed by atoms with Gasteiger partial charge in [-0.05, 0) is 35.2 Å². The number of nitrogens with one attached hydrogen (secondary N) is 1. The SMILES string of the molecule is COC(=O)CCc1cccc(-c2ccc(O)c(N3CC(=O)NS3(=O)=O)c2)c1. The second kappa shape index (κ2) is 7.28. The molecule has 1 saturated heterocycles. The number of carbonyl (C=O) groups is 2. The van der Waals surface area contributed by atoms with Crippen LogP contribution in [0.5, 0.6) is 5.75 Å². The highest BCUT2D eigenvalue weighted by molar-refractivity contribution is 7.92. The van der Waals surface area contributed by atoms with E-state index in [0.717, 1.165) is 15.4 Å². The molecule has 142 valence electrons. The predicted octanol–water partition coefficient (Wildman–Crippen LogP) is 1.35. The van der Waals surface area contributed by atoms with Gasteiger partial charge in [-0.1, -0.05) is 30.3 Å². The maximum Gasteiger partial charge on any atom is 0.326 e. The van der Waals surface area contributed by atoms with Crippen molar-refractivity contribution in [2.45, 2.75) is 12.8 Å². The molecule has 0 spiro atoms. The highest BCUT2D eigenvalue weighted by Crippen LogP contribution is 2.35. The molecule has 1 aliphatic rings. The summed E-state index contributed by atoms with van der Waals surface area (Å²) < 4.78 is 31.4. The largest absolute Gasteiger partial charge is 0.506 e. The van der Waals surface area contributed by atoms with Crippen LogP contribution in [0.3, 0.4) is 0 Å². The van der Waals surface area contributed by atoms with Crippen LogP contribution >= 0.6 is 0 Å². The van der Waals surface area contributed by atoms with Gasteiger partial charge < -0.3 is 9.84 Å². The molecule has 2 aromatic carbocycles. The predicted molar refractivity (Wildman–Crippen MR) is 98.3 cm³/mol. The molecule has 0 atom stereocenters. The quantitative estimate of drug-likeness (QED) is 0.745. The number of rotatable bonds is 5. The van der Waals surface area contributed by atoms with Crippen molar-refractivity contribution in [2.75, 3.05) is 18.0 Å². The number of phenolic OH excluding ortho intramolecular Hbond substituents is 1. The van der Waals surface area contributed by atoms with E-state index in [1.54, 1.807) is 6.07 Å². The lowest BCUT2D eigenvalue weighted by Gasteiger charge is -2.17. The Balaban J connectivity index is 1.93. The van der Waals surface area contributed by atoms with Crippen LogP contribution in [0.15, 0.2) is 42.5 Å². The summed E-state index contributed by atoms with van der Waals surface area (Å²) in [6, 6.07) is 11.9. The van der Waals surface area contributed by atoms with Gasteiger partial charge in [-0.25, -0.2) is 9.03 Å². The fourth-order valence-corrected chi connectivity index (χ4v) is 3.97. The lowest BCUT2D eigenvalue weighted by atomic mass is 10.0. The zero-order valence-electron chi connectivity index (χ0n) is 14.5. The molecule has 2 N–H and O–H groups in total. The Bertz CT molecular complexity index is 1000. The zero-order chi connectivity index (χ0) is 19.6. The standard InChI is InChI=1S/C18H18N2O6S/c1-26-18(23)8-5-12-3-2-4-13(9-12)14-6-7-16(21)15(10-14)20-11-17(22)19-27(20,24)25/h2-4,6-7,9-10,21H,5,8,11H2,1H3,(H,19,22). The number of aromatic hydroxyl groups is 1. The molecule has 9 heteroatoms. The molecular weight excluding hydrogens is 372 g/mol. The summed E-state index contributed by atoms with van der Waals surface area (Å²) in [6.07, 6.45) is 0.755. The molecule has 0 aliphatic carbocycles. The first-order valence-corrected chi connectivity index (χ1v) is 9.56. The number of hydrogen-bond acceptors (Lipinski definition) is 6. The molecule has 0 bridgehead atoms. The van der Waals surface area contributed by atoms with Crippen molar-refractivity contribution in [3.05, 3.63) is 48.0 Å². The van der Waals surface area contributed by atoms with Gasteiger partial charge in [0.25, 0.3) is 5.91 Å². The van der Waals surface area contributed by atoms with Crippen LogP contribution in [0.2, 0.25) is 0 Å². The lowest BCUT2D eigenvalue weighted by molar-refractivity contribution is -0.140. The number of benzene rings is 2. The van der Waals surface area contributed by atoms with E-state index in [-0.39, 0.29) is 23.8 Å². The van der Waals surface area contributed by atoms with Gasteiger partial charge in [0.05, 0.1) is 12.8 Å². The van der Waals surface area contributed by atoms with Gasteiger partial charge in [0.15, 0.2) is 0 Å². The molecule has 8 nitrogen and oxygen atoms in total. The van der Waals surface area contributed by atoms with Crippen LogP contribution in [0.25, 0.3) is 11.1 Å². The van der Waals surface area contributed by atoms with E-state index in [2.05, 4.69) is 4.74 Å². The van der Waals surface area contributed by atoms with Crippen molar-refractivity contribution in [1.82, 2.24) is 4.72 Å². The van der Waals surface area contributed by atoms with Crippen molar-refractivity contribution >= 4 is 27.8 Å². The van der Waals surface area contributed by atoms with Gasteiger partial charge in [0.1, 0.15) is 12.3 Å². The lowest BCUT2D eigenvalue weighted by Crippen LogP contribution is -2.29. The molecular formula is C18H18N2O6S. The van der Waals surface area contributed by atoms with E-state index in [1.165, 1.54) is 19.2 Å². The fraction of sp³-hybridized carbons (Fsp3) is 0.222. The summed E-state index contributed by atoms with van der Waals surface area (Å²) in [5, 5.41) is 10.1. The Morgan fingerprint density at radius 1 is 1.22 bits per heavy atom. The van der Waals surface area contributed by atoms with Gasteiger partial charge in [0.2, 0.25) is 0 Å². The number of anilines is 1. The molecule has 1 heterocycles. The molecule has 2 aromatic rings. The minimum atomic E-state index is -4.02. The second-order valence-electron chi connectivity index (χ2n) is 6.02. The Hall–Kier alpha value is -3.07. The first kappa shape index (κ1) is 18.7. The van der Waals surface area contributed by atoms with Gasteiger partial charge in [0, 0.05) is 6.42 Å². The monoisotopic (exact) mass is 390 g/mol. The van der Waals surface area contributed by atoms with E-state index < -0.39 is 22.7 Å². The first-order valence-electron chi connectivity index (χ1n) is 8.12. The number of hydrogen-bond donors (Lipinski definition) is 2. The van der Waals surface area contributed by atoms with Crippen LogP contribution in [0.1, 0.15) is 12.0 Å². The molecule has 1 aliphatic heterocycles. The topological polar surface area (TPSA) is 113 Å². The Labute approximate surface area is 156 Å². The summed E-state index contributed by atoms with van der Waals surface area (Å²) >= 11 is 0. The minimum Gasteiger partial charge on any atom is -0.506 e. The van der Waals surface area contributed by atoms with Crippen LogP contribution in [0.4, 0.5) is 5.69 Å². The average Bonchev–Trinajstić information content (AvgIpc) is 2.92. The third-order valence-corrected chi connectivity index (χ3v) is 5.56. The van der Waals surface area contributed by atoms with Crippen molar-refractivity contribution in [1.29, 1.82) is 0 Å². The number of phenols is 1. The van der Waals surface area contributed by atoms with E-state index in [9.17, 15) is 23.1 Å². The smallest absolute Gasteiger partial charge is 0.326 e. The molecule has 1 amide bonds. The summed E-state index contributed by atoms with van der Waals surface area (Å²) in [5.74, 6) is -1.21. The fourth-order valence-electron chi connectivity index (χ4n) is 2.82. The highest BCUT2D eigenvalue weighted by atomic mass is 32.2. The van der Waals surface area contributed by atoms with E-state index in [1.807, 2.05) is 29.0 Å². The molecule has 0 unspecified atom stereocenters. The summed E-state index contributed by atoms with van der Waals surface area (Å²) in [7, 11) is -2.68. The van der Waals surface area contributed by atoms with E-state index >= 15 is 0 Å². The van der Waals surface area contributed by atoms with Crippen LogP contribution in [0, 0.1) is 0 Å². The zero-order valence-corrected chi connectivity index (χ0v) is 15.3. The number of nitrogens with zero attached hydrogens (tertiary/aromatic N) is 1. The molecule has 0 aromatic heterocycles. The number of amides is 1. The second-order valence-corrected chi connectivity index (χ2v) is 7.61. The molecule has 0 radical (unpaired) electrons. The summed E-state index contributed by atoms with van der Waals surface area (Å²) in [4.78, 5) is 22.8. The average molecular weight is 390 g/mol. The molecule has 3 rings (SSSR count). The third kappa shape index (κ3) is 4.03. The van der Waals surface area contributed by atoms with Gasteiger partial charge >= 0.3 is 16.2 Å². The van der Waals surface area contributed by atoms with E-state index in [4.69, 9.17) is 0 Å². The first-order chi connectivity index (χ1) is 12.8.